The molecule has 102 valence electrons. The second kappa shape index (κ2) is 6.33. The third-order valence-corrected chi connectivity index (χ3v) is 3.22. The van der Waals surface area contributed by atoms with E-state index in [1.54, 1.807) is 0 Å². The van der Waals surface area contributed by atoms with E-state index in [4.69, 9.17) is 0 Å². The highest BCUT2D eigenvalue weighted by molar-refractivity contribution is 5.83. The number of nitrogens with one attached hydrogen (secondary N) is 3. The van der Waals surface area contributed by atoms with Gasteiger partial charge in [-0.2, -0.15) is 0 Å². The minimum atomic E-state index is -0.198. The number of carbonyl (C=O) groups excluding carboxylic acids is 2. The molecule has 0 aromatic heterocycles. The lowest BCUT2D eigenvalue weighted by Crippen LogP contribution is -2.42. The fourth-order valence-corrected chi connectivity index (χ4v) is 2.26. The van der Waals surface area contributed by atoms with Gasteiger partial charge in [0.15, 0.2) is 0 Å². The van der Waals surface area contributed by atoms with Gasteiger partial charge in [0.1, 0.15) is 0 Å². The molecular weight excluding hydrogens is 242 g/mol. The molecule has 3 N–H and O–H groups in total. The Balaban J connectivity index is 1.87. The van der Waals surface area contributed by atoms with E-state index in [9.17, 15) is 9.59 Å². The van der Waals surface area contributed by atoms with Crippen LogP contribution in [0.5, 0.6) is 0 Å². The largest absolute Gasteiger partial charge is 0.353 e. The molecule has 1 aliphatic heterocycles. The zero-order valence-corrected chi connectivity index (χ0v) is 11.0. The molecule has 0 radical (unpaired) electrons. The van der Waals surface area contributed by atoms with Crippen LogP contribution >= 0.6 is 0 Å². The summed E-state index contributed by atoms with van der Waals surface area (Å²) in [7, 11) is 0. The molecule has 1 aromatic carbocycles. The molecule has 19 heavy (non-hydrogen) atoms. The molecule has 5 nitrogen and oxygen atoms in total. The van der Waals surface area contributed by atoms with Gasteiger partial charge in [-0.15, -0.1) is 0 Å². The van der Waals surface area contributed by atoms with Crippen molar-refractivity contribution in [2.75, 3.05) is 19.6 Å². The summed E-state index contributed by atoms with van der Waals surface area (Å²) in [5.41, 5.74) is 2.58. The minimum Gasteiger partial charge on any atom is -0.353 e. The smallest absolute Gasteiger partial charge is 0.239 e. The first-order valence-electron chi connectivity index (χ1n) is 6.49. The lowest BCUT2D eigenvalue weighted by Gasteiger charge is -2.27. The quantitative estimate of drug-likeness (QED) is 0.721. The molecule has 0 bridgehead atoms. The van der Waals surface area contributed by atoms with Gasteiger partial charge in [0.25, 0.3) is 0 Å². The molecule has 1 aliphatic rings. The van der Waals surface area contributed by atoms with Gasteiger partial charge in [-0.05, 0) is 24.1 Å². The number of rotatable bonds is 4. The zero-order valence-electron chi connectivity index (χ0n) is 11.0. The third-order valence-electron chi connectivity index (χ3n) is 3.22. The van der Waals surface area contributed by atoms with Gasteiger partial charge in [-0.1, -0.05) is 24.3 Å². The van der Waals surface area contributed by atoms with Crippen LogP contribution in [-0.2, 0) is 16.0 Å². The van der Waals surface area contributed by atoms with Crippen molar-refractivity contribution in [3.05, 3.63) is 35.4 Å². The number of benzene rings is 1. The highest BCUT2D eigenvalue weighted by Gasteiger charge is 2.19. The molecule has 0 saturated carbocycles. The Bertz CT molecular complexity index is 474. The Kier molecular flexibility index (Phi) is 4.52. The lowest BCUT2D eigenvalue weighted by atomic mass is 9.94. The summed E-state index contributed by atoms with van der Waals surface area (Å²) in [6, 6.07) is 8.41. The molecule has 1 unspecified atom stereocenters. The van der Waals surface area contributed by atoms with E-state index in [0.717, 1.165) is 13.0 Å². The standard InChI is InChI=1S/C14H19N3O2/c1-10(18)16-9-14(19)17-8-13-12-5-3-2-4-11(12)6-7-15-13/h2-5,13,15H,6-9H2,1H3,(H,16,18)(H,17,19). The summed E-state index contributed by atoms with van der Waals surface area (Å²) < 4.78 is 0. The highest BCUT2D eigenvalue weighted by Crippen LogP contribution is 2.21. The van der Waals surface area contributed by atoms with Crippen molar-refractivity contribution >= 4 is 11.8 Å². The molecule has 1 heterocycles. The molecule has 1 atom stereocenters. The van der Waals surface area contributed by atoms with E-state index in [0.29, 0.717) is 6.54 Å². The second-order valence-electron chi connectivity index (χ2n) is 4.67. The summed E-state index contributed by atoms with van der Waals surface area (Å²) in [5.74, 6) is -0.364. The Morgan fingerprint density at radius 2 is 2.11 bits per heavy atom. The van der Waals surface area contributed by atoms with Gasteiger partial charge < -0.3 is 16.0 Å². The number of hydrogen-bond acceptors (Lipinski definition) is 3. The molecule has 2 amide bonds. The van der Waals surface area contributed by atoms with E-state index < -0.39 is 0 Å². The van der Waals surface area contributed by atoms with Gasteiger partial charge in [0.2, 0.25) is 11.8 Å². The first-order chi connectivity index (χ1) is 9.16. The Hall–Kier alpha value is -1.88. The van der Waals surface area contributed by atoms with Crippen molar-refractivity contribution in [2.45, 2.75) is 19.4 Å². The number of carbonyl (C=O) groups is 2. The van der Waals surface area contributed by atoms with Crippen LogP contribution in [0.4, 0.5) is 0 Å². The number of amides is 2. The molecule has 5 heteroatoms. The first kappa shape index (κ1) is 13.5. The average Bonchev–Trinajstić information content (AvgIpc) is 2.42. The molecule has 0 fully saturated rings. The van der Waals surface area contributed by atoms with Crippen LogP contribution < -0.4 is 16.0 Å². The van der Waals surface area contributed by atoms with E-state index in [1.807, 2.05) is 12.1 Å². The van der Waals surface area contributed by atoms with Crippen LogP contribution in [0.2, 0.25) is 0 Å². The number of fused-ring (bicyclic) bond motifs is 1. The van der Waals surface area contributed by atoms with Crippen molar-refractivity contribution in [3.8, 4) is 0 Å². The fraction of sp³-hybridized carbons (Fsp3) is 0.429. The van der Waals surface area contributed by atoms with Crippen LogP contribution in [0.15, 0.2) is 24.3 Å². The van der Waals surface area contributed by atoms with Gasteiger partial charge in [0.05, 0.1) is 6.54 Å². The van der Waals surface area contributed by atoms with E-state index in [2.05, 4.69) is 28.1 Å². The maximum atomic E-state index is 11.5. The van der Waals surface area contributed by atoms with Gasteiger partial charge in [-0.3, -0.25) is 9.59 Å². The summed E-state index contributed by atoms with van der Waals surface area (Å²) in [6.07, 6.45) is 1.02. The Morgan fingerprint density at radius 1 is 1.32 bits per heavy atom. The summed E-state index contributed by atoms with van der Waals surface area (Å²) >= 11 is 0. The van der Waals surface area contributed by atoms with Crippen molar-refractivity contribution in [3.63, 3.8) is 0 Å². The Labute approximate surface area is 112 Å². The SMILES string of the molecule is CC(=O)NCC(=O)NCC1NCCc2ccccc21. The minimum absolute atomic E-state index is 0.0314. The average molecular weight is 261 g/mol. The summed E-state index contributed by atoms with van der Waals surface area (Å²) in [5, 5.41) is 8.71. The third kappa shape index (κ3) is 3.79. The number of hydrogen-bond donors (Lipinski definition) is 3. The first-order valence-corrected chi connectivity index (χ1v) is 6.49. The van der Waals surface area contributed by atoms with Gasteiger partial charge in [-0.25, -0.2) is 0 Å². The molecule has 0 aliphatic carbocycles. The van der Waals surface area contributed by atoms with Crippen molar-refractivity contribution < 1.29 is 9.59 Å². The van der Waals surface area contributed by atoms with Crippen molar-refractivity contribution in [2.24, 2.45) is 0 Å². The van der Waals surface area contributed by atoms with Gasteiger partial charge >= 0.3 is 0 Å². The van der Waals surface area contributed by atoms with Crippen molar-refractivity contribution in [1.82, 2.24) is 16.0 Å². The lowest BCUT2D eigenvalue weighted by molar-refractivity contribution is -0.125. The van der Waals surface area contributed by atoms with E-state index >= 15 is 0 Å². The van der Waals surface area contributed by atoms with Crippen LogP contribution in [0.1, 0.15) is 24.1 Å². The summed E-state index contributed by atoms with van der Waals surface area (Å²) in [4.78, 5) is 22.3. The normalized spacial score (nSPS) is 17.4. The van der Waals surface area contributed by atoms with E-state index in [-0.39, 0.29) is 24.4 Å². The van der Waals surface area contributed by atoms with Crippen LogP contribution in [0.25, 0.3) is 0 Å². The molecule has 1 aromatic rings. The maximum Gasteiger partial charge on any atom is 0.239 e. The van der Waals surface area contributed by atoms with Crippen LogP contribution in [0, 0.1) is 0 Å². The van der Waals surface area contributed by atoms with Gasteiger partial charge in [0, 0.05) is 19.5 Å². The van der Waals surface area contributed by atoms with Crippen LogP contribution in [-0.4, -0.2) is 31.4 Å². The topological polar surface area (TPSA) is 70.2 Å². The fourth-order valence-electron chi connectivity index (χ4n) is 2.26. The molecular formula is C14H19N3O2. The molecule has 2 rings (SSSR count). The summed E-state index contributed by atoms with van der Waals surface area (Å²) in [6.45, 7) is 2.88. The second-order valence-corrected chi connectivity index (χ2v) is 4.67. The van der Waals surface area contributed by atoms with Crippen LogP contribution in [0.3, 0.4) is 0 Å². The zero-order chi connectivity index (χ0) is 13.7. The predicted molar refractivity (Wildman–Crippen MR) is 72.6 cm³/mol. The van der Waals surface area contributed by atoms with Crippen molar-refractivity contribution in [1.29, 1.82) is 0 Å². The Morgan fingerprint density at radius 3 is 2.89 bits per heavy atom. The van der Waals surface area contributed by atoms with E-state index in [1.165, 1.54) is 18.1 Å². The highest BCUT2D eigenvalue weighted by atomic mass is 16.2. The molecule has 0 saturated heterocycles. The predicted octanol–water partition coefficient (Wildman–Crippen LogP) is 0.126. The monoisotopic (exact) mass is 261 g/mol. The molecule has 0 spiro atoms. The maximum absolute atomic E-state index is 11.5.